The first-order valence-electron chi connectivity index (χ1n) is 11.9. The molecule has 1 atom stereocenters. The van der Waals surface area contributed by atoms with E-state index in [1.54, 1.807) is 0 Å². The first kappa shape index (κ1) is 22.6. The molecule has 1 unspecified atom stereocenters. The number of hydrogen-bond acceptors (Lipinski definition) is 4. The van der Waals surface area contributed by atoms with Crippen LogP contribution in [-0.4, -0.2) is 19.9 Å². The standard InChI is InChI=1S/C31H28N4/c1-24(29-18-8-9-21-32-29)35(22-27-16-10-19-30(33-27)25-12-4-2-5-13-25)23-28-17-11-20-31(34-28)26-14-6-3-7-15-26/h2-21,24H,22-23H2,1H3. The van der Waals surface area contributed by atoms with E-state index in [4.69, 9.17) is 9.97 Å². The topological polar surface area (TPSA) is 41.9 Å². The smallest absolute Gasteiger partial charge is 0.0705 e. The van der Waals surface area contributed by atoms with Crippen LogP contribution in [0, 0.1) is 0 Å². The monoisotopic (exact) mass is 456 g/mol. The Balaban J connectivity index is 1.44. The van der Waals surface area contributed by atoms with Crippen molar-refractivity contribution >= 4 is 0 Å². The fourth-order valence-electron chi connectivity index (χ4n) is 4.23. The van der Waals surface area contributed by atoms with Gasteiger partial charge in [-0.1, -0.05) is 78.9 Å². The summed E-state index contributed by atoms with van der Waals surface area (Å²) >= 11 is 0. The summed E-state index contributed by atoms with van der Waals surface area (Å²) in [7, 11) is 0. The molecule has 172 valence electrons. The molecule has 0 bridgehead atoms. The molecular formula is C31H28N4. The fraction of sp³-hybridized carbons (Fsp3) is 0.129. The fourth-order valence-corrected chi connectivity index (χ4v) is 4.23. The van der Waals surface area contributed by atoms with E-state index in [2.05, 4.69) is 83.5 Å². The van der Waals surface area contributed by atoms with Crippen molar-refractivity contribution in [1.82, 2.24) is 19.9 Å². The third kappa shape index (κ3) is 5.68. The van der Waals surface area contributed by atoms with E-state index in [1.165, 1.54) is 0 Å². The van der Waals surface area contributed by atoms with Crippen molar-refractivity contribution in [2.45, 2.75) is 26.1 Å². The lowest BCUT2D eigenvalue weighted by Crippen LogP contribution is -2.27. The van der Waals surface area contributed by atoms with Crippen molar-refractivity contribution in [3.63, 3.8) is 0 Å². The number of aromatic nitrogens is 3. The summed E-state index contributed by atoms with van der Waals surface area (Å²) in [6.07, 6.45) is 1.85. The summed E-state index contributed by atoms with van der Waals surface area (Å²) in [5.41, 5.74) is 7.29. The maximum atomic E-state index is 4.98. The summed E-state index contributed by atoms with van der Waals surface area (Å²) in [5, 5.41) is 0. The Bertz CT molecular complexity index is 1270. The summed E-state index contributed by atoms with van der Waals surface area (Å²) in [4.78, 5) is 17.0. The van der Waals surface area contributed by atoms with E-state index in [-0.39, 0.29) is 6.04 Å². The highest BCUT2D eigenvalue weighted by Crippen LogP contribution is 2.25. The molecule has 0 fully saturated rings. The maximum absolute atomic E-state index is 4.98. The third-order valence-corrected chi connectivity index (χ3v) is 6.15. The van der Waals surface area contributed by atoms with Crippen LogP contribution in [-0.2, 0) is 13.1 Å². The van der Waals surface area contributed by atoms with Crippen LogP contribution in [0.4, 0.5) is 0 Å². The van der Waals surface area contributed by atoms with Crippen LogP contribution in [0.15, 0.2) is 121 Å². The molecule has 0 aliphatic heterocycles. The minimum absolute atomic E-state index is 0.0977. The minimum atomic E-state index is 0.0977. The van der Waals surface area contributed by atoms with Gasteiger partial charge in [0.15, 0.2) is 0 Å². The summed E-state index contributed by atoms with van der Waals surface area (Å²) < 4.78 is 0. The number of hydrogen-bond donors (Lipinski definition) is 0. The van der Waals surface area contributed by atoms with Crippen LogP contribution in [0.2, 0.25) is 0 Å². The quantitative estimate of drug-likeness (QED) is 0.253. The van der Waals surface area contributed by atoms with Gasteiger partial charge in [0.25, 0.3) is 0 Å². The van der Waals surface area contributed by atoms with Gasteiger partial charge in [0, 0.05) is 30.4 Å². The van der Waals surface area contributed by atoms with Crippen molar-refractivity contribution in [3.05, 3.63) is 139 Å². The largest absolute Gasteiger partial charge is 0.283 e. The Morgan fingerprint density at radius 2 is 1.09 bits per heavy atom. The minimum Gasteiger partial charge on any atom is -0.283 e. The highest BCUT2D eigenvalue weighted by Gasteiger charge is 2.19. The highest BCUT2D eigenvalue weighted by atomic mass is 15.2. The van der Waals surface area contributed by atoms with Crippen LogP contribution in [0.5, 0.6) is 0 Å². The number of nitrogens with zero attached hydrogens (tertiary/aromatic N) is 4. The van der Waals surface area contributed by atoms with Gasteiger partial charge in [-0.15, -0.1) is 0 Å². The molecule has 0 radical (unpaired) electrons. The molecule has 5 rings (SSSR count). The molecule has 4 nitrogen and oxygen atoms in total. The molecule has 0 aliphatic carbocycles. The van der Waals surface area contributed by atoms with Gasteiger partial charge in [-0.25, -0.2) is 0 Å². The van der Waals surface area contributed by atoms with E-state index in [1.807, 2.05) is 54.7 Å². The van der Waals surface area contributed by atoms with Crippen molar-refractivity contribution in [2.75, 3.05) is 0 Å². The Hall–Kier alpha value is -4.15. The van der Waals surface area contributed by atoms with Gasteiger partial charge in [0.2, 0.25) is 0 Å². The van der Waals surface area contributed by atoms with Crippen molar-refractivity contribution in [2.24, 2.45) is 0 Å². The van der Waals surface area contributed by atoms with E-state index >= 15 is 0 Å². The van der Waals surface area contributed by atoms with Crippen LogP contribution >= 0.6 is 0 Å². The molecule has 0 N–H and O–H groups in total. The Kier molecular flexibility index (Phi) is 7.02. The Morgan fingerprint density at radius 1 is 0.571 bits per heavy atom. The third-order valence-electron chi connectivity index (χ3n) is 6.15. The zero-order valence-corrected chi connectivity index (χ0v) is 19.8. The second-order valence-electron chi connectivity index (χ2n) is 8.60. The summed E-state index contributed by atoms with van der Waals surface area (Å²) in [5.74, 6) is 0. The second-order valence-corrected chi connectivity index (χ2v) is 8.60. The van der Waals surface area contributed by atoms with Crippen LogP contribution in [0.1, 0.15) is 30.0 Å². The van der Waals surface area contributed by atoms with Crippen LogP contribution in [0.25, 0.3) is 22.5 Å². The summed E-state index contributed by atoms with van der Waals surface area (Å²) in [6, 6.07) is 39.3. The first-order valence-corrected chi connectivity index (χ1v) is 11.9. The summed E-state index contributed by atoms with van der Waals surface area (Å²) in [6.45, 7) is 3.58. The zero-order chi connectivity index (χ0) is 23.9. The van der Waals surface area contributed by atoms with Crippen molar-refractivity contribution < 1.29 is 0 Å². The molecule has 3 heterocycles. The predicted octanol–water partition coefficient (Wildman–Crippen LogP) is 6.97. The normalized spacial score (nSPS) is 11.9. The Morgan fingerprint density at radius 3 is 1.57 bits per heavy atom. The predicted molar refractivity (Wildman–Crippen MR) is 141 cm³/mol. The molecule has 0 saturated heterocycles. The first-order chi connectivity index (χ1) is 17.3. The SMILES string of the molecule is CC(c1ccccn1)N(Cc1cccc(-c2ccccc2)n1)Cc1cccc(-c2ccccc2)n1. The molecule has 0 saturated carbocycles. The lowest BCUT2D eigenvalue weighted by molar-refractivity contribution is 0.184. The van der Waals surface area contributed by atoms with Crippen LogP contribution < -0.4 is 0 Å². The molecule has 0 aliphatic rings. The molecular weight excluding hydrogens is 428 g/mol. The van der Waals surface area contributed by atoms with E-state index in [0.717, 1.165) is 39.6 Å². The number of pyridine rings is 3. The average molecular weight is 457 g/mol. The van der Waals surface area contributed by atoms with Crippen LogP contribution in [0.3, 0.4) is 0 Å². The molecule has 4 heteroatoms. The molecule has 2 aromatic carbocycles. The highest BCUT2D eigenvalue weighted by molar-refractivity contribution is 5.59. The average Bonchev–Trinajstić information content (AvgIpc) is 2.94. The maximum Gasteiger partial charge on any atom is 0.0705 e. The van der Waals surface area contributed by atoms with E-state index < -0.39 is 0 Å². The zero-order valence-electron chi connectivity index (χ0n) is 19.8. The van der Waals surface area contributed by atoms with Gasteiger partial charge in [0.1, 0.15) is 0 Å². The van der Waals surface area contributed by atoms with E-state index in [9.17, 15) is 0 Å². The lowest BCUT2D eigenvalue weighted by atomic mass is 10.1. The number of rotatable bonds is 8. The van der Waals surface area contributed by atoms with Gasteiger partial charge >= 0.3 is 0 Å². The van der Waals surface area contributed by atoms with E-state index in [0.29, 0.717) is 13.1 Å². The molecule has 0 amide bonds. The molecule has 0 spiro atoms. The second kappa shape index (κ2) is 10.9. The van der Waals surface area contributed by atoms with Crippen molar-refractivity contribution in [3.8, 4) is 22.5 Å². The number of benzene rings is 2. The molecule has 5 aromatic rings. The lowest BCUT2D eigenvalue weighted by Gasteiger charge is -2.28. The van der Waals surface area contributed by atoms with Gasteiger partial charge in [-0.05, 0) is 43.3 Å². The van der Waals surface area contributed by atoms with Gasteiger partial charge in [0.05, 0.1) is 34.5 Å². The molecule has 35 heavy (non-hydrogen) atoms. The van der Waals surface area contributed by atoms with Gasteiger partial charge in [-0.2, -0.15) is 0 Å². The molecule has 3 aromatic heterocycles. The Labute approximate surface area is 207 Å². The van der Waals surface area contributed by atoms with Gasteiger partial charge in [-0.3, -0.25) is 19.9 Å². The van der Waals surface area contributed by atoms with Crippen molar-refractivity contribution in [1.29, 1.82) is 0 Å². The van der Waals surface area contributed by atoms with Gasteiger partial charge < -0.3 is 0 Å².